The van der Waals surface area contributed by atoms with Gasteiger partial charge in [0.1, 0.15) is 0 Å². The fraction of sp³-hybridized carbons (Fsp3) is 0.500. The molecule has 0 bridgehead atoms. The van der Waals surface area contributed by atoms with Crippen molar-refractivity contribution >= 4 is 15.8 Å². The van der Waals surface area contributed by atoms with E-state index in [4.69, 9.17) is 8.92 Å². The lowest BCUT2D eigenvalue weighted by Crippen LogP contribution is -2.18. The van der Waals surface area contributed by atoms with Gasteiger partial charge in [0, 0.05) is 12.1 Å². The highest BCUT2D eigenvalue weighted by Gasteiger charge is 2.17. The summed E-state index contributed by atoms with van der Waals surface area (Å²) in [7, 11) is -3.93. The Morgan fingerprint density at radius 1 is 1.08 bits per heavy atom. The lowest BCUT2D eigenvalue weighted by molar-refractivity contribution is -0.384. The molecule has 0 heterocycles. The fourth-order valence-electron chi connectivity index (χ4n) is 2.45. The Bertz CT molecular complexity index is 668. The minimum absolute atomic E-state index is 0.0777. The Labute approximate surface area is 141 Å². The third-order valence-corrected chi connectivity index (χ3v) is 5.06. The predicted octanol–water partition coefficient (Wildman–Crippen LogP) is 3.21. The van der Waals surface area contributed by atoms with Crippen molar-refractivity contribution in [1.82, 2.24) is 0 Å². The van der Waals surface area contributed by atoms with Crippen LogP contribution >= 0.6 is 0 Å². The number of hydrogen-bond donors (Lipinski definition) is 0. The number of allylic oxidation sites excluding steroid dienone is 2. The van der Waals surface area contributed by atoms with E-state index in [9.17, 15) is 18.5 Å². The third-order valence-electron chi connectivity index (χ3n) is 3.73. The van der Waals surface area contributed by atoms with Crippen LogP contribution in [-0.2, 0) is 19.0 Å². The molecule has 0 unspecified atom stereocenters. The summed E-state index contributed by atoms with van der Waals surface area (Å²) in [5.41, 5.74) is -0.171. The Morgan fingerprint density at radius 3 is 2.50 bits per heavy atom. The molecule has 0 aromatic heterocycles. The van der Waals surface area contributed by atoms with E-state index in [0.717, 1.165) is 56.4 Å². The highest BCUT2D eigenvalue weighted by atomic mass is 32.2. The van der Waals surface area contributed by atoms with Crippen LogP contribution in [0, 0.1) is 10.1 Å². The van der Waals surface area contributed by atoms with Crippen LogP contribution in [0.15, 0.2) is 41.3 Å². The number of ether oxygens (including phenoxy) is 1. The summed E-state index contributed by atoms with van der Waals surface area (Å²) in [6, 6.07) is 4.59. The van der Waals surface area contributed by atoms with E-state index < -0.39 is 15.0 Å². The molecule has 0 saturated carbocycles. The zero-order valence-electron chi connectivity index (χ0n) is 13.3. The quantitative estimate of drug-likeness (QED) is 0.245. The number of nitro benzene ring substituents is 1. The van der Waals surface area contributed by atoms with Gasteiger partial charge in [-0.25, -0.2) is 0 Å². The highest BCUT2D eigenvalue weighted by Crippen LogP contribution is 2.18. The molecule has 1 aliphatic carbocycles. The van der Waals surface area contributed by atoms with Crippen LogP contribution in [-0.4, -0.2) is 32.7 Å². The second-order valence-electron chi connectivity index (χ2n) is 5.50. The number of nitro groups is 1. The van der Waals surface area contributed by atoms with Gasteiger partial charge in [-0.2, -0.15) is 8.42 Å². The maximum absolute atomic E-state index is 12.0. The molecular formula is C16H21NO6S. The van der Waals surface area contributed by atoms with Crippen molar-refractivity contribution in [1.29, 1.82) is 0 Å². The Kier molecular flexibility index (Phi) is 6.89. The lowest BCUT2D eigenvalue weighted by atomic mass is 10.0. The first-order valence-corrected chi connectivity index (χ1v) is 9.30. The molecule has 24 heavy (non-hydrogen) atoms. The number of nitrogens with zero attached hydrogens (tertiary/aromatic N) is 1. The molecule has 8 heteroatoms. The fourth-order valence-corrected chi connectivity index (χ4v) is 3.35. The second-order valence-corrected chi connectivity index (χ2v) is 7.11. The number of benzene rings is 1. The SMILES string of the molecule is O=[N+]([O-])c1ccc(S(=O)(=O)OCCO[C@H]2CC/C=C/CCC2)cc1. The molecule has 132 valence electrons. The molecule has 0 radical (unpaired) electrons. The summed E-state index contributed by atoms with van der Waals surface area (Å²) >= 11 is 0. The first kappa shape index (κ1) is 18.6. The van der Waals surface area contributed by atoms with Gasteiger partial charge in [0.15, 0.2) is 0 Å². The molecule has 1 atom stereocenters. The van der Waals surface area contributed by atoms with E-state index in [0.29, 0.717) is 0 Å². The van der Waals surface area contributed by atoms with E-state index in [1.807, 2.05) is 0 Å². The maximum atomic E-state index is 12.0. The topological polar surface area (TPSA) is 95.7 Å². The van der Waals surface area contributed by atoms with Gasteiger partial charge in [-0.15, -0.1) is 0 Å². The molecule has 2 rings (SSSR count). The minimum Gasteiger partial charge on any atom is -0.376 e. The van der Waals surface area contributed by atoms with Crippen LogP contribution in [0.1, 0.15) is 32.1 Å². The van der Waals surface area contributed by atoms with Gasteiger partial charge in [-0.3, -0.25) is 14.3 Å². The van der Waals surface area contributed by atoms with Crippen molar-refractivity contribution in [2.24, 2.45) is 0 Å². The van der Waals surface area contributed by atoms with Crippen LogP contribution in [0.25, 0.3) is 0 Å². The molecule has 1 aliphatic rings. The van der Waals surface area contributed by atoms with Gasteiger partial charge >= 0.3 is 0 Å². The largest absolute Gasteiger partial charge is 0.376 e. The monoisotopic (exact) mass is 355 g/mol. The van der Waals surface area contributed by atoms with Crippen LogP contribution in [0.5, 0.6) is 0 Å². The summed E-state index contributed by atoms with van der Waals surface area (Å²) in [6.45, 7) is 0.117. The molecule has 0 aliphatic heterocycles. The minimum atomic E-state index is -3.93. The molecular weight excluding hydrogens is 334 g/mol. The van der Waals surface area contributed by atoms with Crippen molar-refractivity contribution in [3.8, 4) is 0 Å². The molecule has 1 aromatic rings. The number of non-ortho nitro benzene ring substituents is 1. The van der Waals surface area contributed by atoms with Crippen LogP contribution < -0.4 is 0 Å². The van der Waals surface area contributed by atoms with Gasteiger partial charge in [0.25, 0.3) is 15.8 Å². The van der Waals surface area contributed by atoms with Gasteiger partial charge in [-0.05, 0) is 44.2 Å². The maximum Gasteiger partial charge on any atom is 0.297 e. The van der Waals surface area contributed by atoms with E-state index in [1.54, 1.807) is 0 Å². The number of hydrogen-bond acceptors (Lipinski definition) is 6. The molecule has 0 fully saturated rings. The average molecular weight is 355 g/mol. The standard InChI is InChI=1S/C16H21NO6S/c18-17(19)14-8-10-16(11-9-14)24(20,21)23-13-12-22-15-6-4-2-1-3-5-7-15/h1-2,8-11,15H,3-7,12-13H2/b2-1+/t15-/m0/s1. The van der Waals surface area contributed by atoms with Gasteiger partial charge in [0.05, 0.1) is 29.1 Å². The van der Waals surface area contributed by atoms with Crippen molar-refractivity contribution in [3.05, 3.63) is 46.5 Å². The second kappa shape index (κ2) is 8.91. The molecule has 0 amide bonds. The van der Waals surface area contributed by atoms with Gasteiger partial charge in [0.2, 0.25) is 0 Å². The predicted molar refractivity (Wildman–Crippen MR) is 88.2 cm³/mol. The molecule has 7 nitrogen and oxygen atoms in total. The Hall–Kier alpha value is -1.77. The zero-order valence-corrected chi connectivity index (χ0v) is 14.1. The average Bonchev–Trinajstić information content (AvgIpc) is 2.53. The van der Waals surface area contributed by atoms with Crippen molar-refractivity contribution in [2.45, 2.75) is 43.1 Å². The van der Waals surface area contributed by atoms with Crippen molar-refractivity contribution in [3.63, 3.8) is 0 Å². The Morgan fingerprint density at radius 2 is 1.79 bits per heavy atom. The van der Waals surface area contributed by atoms with Crippen LogP contribution in [0.3, 0.4) is 0 Å². The zero-order chi connectivity index (χ0) is 17.4. The van der Waals surface area contributed by atoms with Crippen molar-refractivity contribution < 1.29 is 22.3 Å². The summed E-state index contributed by atoms with van der Waals surface area (Å²) in [6.07, 6.45) is 9.40. The normalized spacial score (nSPS) is 20.1. The summed E-state index contributed by atoms with van der Waals surface area (Å²) in [5.74, 6) is 0. The summed E-state index contributed by atoms with van der Waals surface area (Å²) in [4.78, 5) is 9.88. The van der Waals surface area contributed by atoms with E-state index in [-0.39, 0.29) is 29.9 Å². The van der Waals surface area contributed by atoms with E-state index in [1.165, 1.54) is 0 Å². The van der Waals surface area contributed by atoms with Gasteiger partial charge in [-0.1, -0.05) is 12.2 Å². The van der Waals surface area contributed by atoms with Crippen molar-refractivity contribution in [2.75, 3.05) is 13.2 Å². The molecule has 0 spiro atoms. The van der Waals surface area contributed by atoms with E-state index >= 15 is 0 Å². The summed E-state index contributed by atoms with van der Waals surface area (Å²) < 4.78 is 34.6. The molecule has 0 saturated heterocycles. The lowest BCUT2D eigenvalue weighted by Gasteiger charge is -2.18. The van der Waals surface area contributed by atoms with Crippen LogP contribution in [0.4, 0.5) is 5.69 Å². The molecule has 0 N–H and O–H groups in total. The third kappa shape index (κ3) is 5.70. The first-order chi connectivity index (χ1) is 11.5. The first-order valence-electron chi connectivity index (χ1n) is 7.89. The van der Waals surface area contributed by atoms with Crippen LogP contribution in [0.2, 0.25) is 0 Å². The van der Waals surface area contributed by atoms with Gasteiger partial charge < -0.3 is 4.74 Å². The number of rotatable bonds is 7. The smallest absolute Gasteiger partial charge is 0.297 e. The highest BCUT2D eigenvalue weighted by molar-refractivity contribution is 7.86. The summed E-state index contributed by atoms with van der Waals surface area (Å²) in [5, 5.41) is 10.6. The van der Waals surface area contributed by atoms with E-state index in [2.05, 4.69) is 12.2 Å². The Balaban J connectivity index is 1.79. The molecule has 1 aromatic carbocycles.